The molecule has 0 aliphatic heterocycles. The maximum Gasteiger partial charge on any atom is 0.255 e. The third-order valence-electron chi connectivity index (χ3n) is 2.21. The molecule has 0 aliphatic rings. The number of nitrogens with one attached hydrogen (secondary N) is 1. The number of halogens is 2. The Morgan fingerprint density at radius 2 is 2.06 bits per heavy atom. The van der Waals surface area contributed by atoms with Gasteiger partial charge in [-0.3, -0.25) is 4.79 Å². The highest BCUT2D eigenvalue weighted by atomic mass is 79.9. The molecule has 0 atom stereocenters. The summed E-state index contributed by atoms with van der Waals surface area (Å²) in [5, 5.41) is 3.92. The monoisotopic (exact) mass is 351 g/mol. The van der Waals surface area contributed by atoms with Crippen LogP contribution in [0.5, 0.6) is 0 Å². The number of rotatable bonds is 7. The Morgan fingerprint density at radius 3 is 2.69 bits per heavy atom. The van der Waals surface area contributed by atoms with E-state index in [0.29, 0.717) is 10.2 Å². The highest BCUT2D eigenvalue weighted by molar-refractivity contribution is 9.10. The quantitative estimate of drug-likeness (QED) is 0.600. The summed E-state index contributed by atoms with van der Waals surface area (Å²) in [6.07, 6.45) is 6.07. The molecular weight excluding hydrogens is 338 g/mol. The fourth-order valence-corrected chi connectivity index (χ4v) is 2.14. The van der Waals surface area contributed by atoms with Crippen molar-refractivity contribution in [3.63, 3.8) is 0 Å². The maximum absolute atomic E-state index is 11.6. The van der Waals surface area contributed by atoms with Gasteiger partial charge < -0.3 is 9.73 Å². The van der Waals surface area contributed by atoms with Crippen LogP contribution in [0, 0.1) is 0 Å². The van der Waals surface area contributed by atoms with Gasteiger partial charge in [-0.15, -0.1) is 0 Å². The van der Waals surface area contributed by atoms with Crippen LogP contribution < -0.4 is 5.32 Å². The second kappa shape index (κ2) is 7.90. The van der Waals surface area contributed by atoms with Gasteiger partial charge in [0.15, 0.2) is 4.67 Å². The van der Waals surface area contributed by atoms with Gasteiger partial charge in [0, 0.05) is 11.9 Å². The van der Waals surface area contributed by atoms with E-state index in [1.165, 1.54) is 19.1 Å². The van der Waals surface area contributed by atoms with Gasteiger partial charge in [0.2, 0.25) is 0 Å². The minimum Gasteiger partial charge on any atom is -0.457 e. The van der Waals surface area contributed by atoms with Crippen LogP contribution in [0.4, 0.5) is 0 Å². The average Bonchev–Trinajstić information content (AvgIpc) is 2.69. The molecule has 0 aromatic carbocycles. The molecule has 1 heterocycles. The molecule has 1 aromatic rings. The van der Waals surface area contributed by atoms with Gasteiger partial charge >= 0.3 is 0 Å². The molecule has 0 bridgehead atoms. The lowest BCUT2D eigenvalue weighted by molar-refractivity contribution is 0.0951. The fraction of sp³-hybridized carbons (Fsp3) is 0.545. The van der Waals surface area contributed by atoms with E-state index in [0.717, 1.165) is 24.7 Å². The van der Waals surface area contributed by atoms with Crippen LogP contribution >= 0.6 is 31.9 Å². The third kappa shape index (κ3) is 4.70. The minimum absolute atomic E-state index is 0.0823. The summed E-state index contributed by atoms with van der Waals surface area (Å²) in [4.78, 5) is 11.6. The molecule has 0 fully saturated rings. The molecule has 16 heavy (non-hydrogen) atoms. The molecule has 1 rings (SSSR count). The van der Waals surface area contributed by atoms with Gasteiger partial charge in [-0.25, -0.2) is 0 Å². The van der Waals surface area contributed by atoms with Crippen LogP contribution in [-0.2, 0) is 0 Å². The van der Waals surface area contributed by atoms with Crippen molar-refractivity contribution in [2.75, 3.05) is 11.9 Å². The molecule has 3 nitrogen and oxygen atoms in total. The number of hydrogen-bond acceptors (Lipinski definition) is 2. The zero-order chi connectivity index (χ0) is 11.8. The zero-order valence-electron chi connectivity index (χ0n) is 8.97. The fourth-order valence-electron chi connectivity index (χ4n) is 1.33. The van der Waals surface area contributed by atoms with Crippen LogP contribution in [0.25, 0.3) is 0 Å². The molecule has 0 unspecified atom stereocenters. The van der Waals surface area contributed by atoms with Crippen LogP contribution in [0.15, 0.2) is 21.4 Å². The molecule has 1 N–H and O–H groups in total. The molecular formula is C11H15Br2NO2. The molecule has 0 aliphatic carbocycles. The van der Waals surface area contributed by atoms with Crippen LogP contribution in [-0.4, -0.2) is 17.8 Å². The molecule has 0 radical (unpaired) electrons. The summed E-state index contributed by atoms with van der Waals surface area (Å²) < 4.78 is 5.49. The Balaban J connectivity index is 2.14. The maximum atomic E-state index is 11.6. The molecule has 5 heteroatoms. The second-order valence-corrected chi connectivity index (χ2v) is 4.98. The topological polar surface area (TPSA) is 42.2 Å². The Kier molecular flexibility index (Phi) is 6.80. The van der Waals surface area contributed by atoms with Crippen molar-refractivity contribution in [3.8, 4) is 0 Å². The summed E-state index contributed by atoms with van der Waals surface area (Å²) in [6, 6.07) is 1.66. The molecule has 90 valence electrons. The largest absolute Gasteiger partial charge is 0.457 e. The predicted molar refractivity (Wildman–Crippen MR) is 71.0 cm³/mol. The first-order valence-electron chi connectivity index (χ1n) is 5.33. The van der Waals surface area contributed by atoms with E-state index in [1.54, 1.807) is 6.07 Å². The highest BCUT2D eigenvalue weighted by Crippen LogP contribution is 2.17. The van der Waals surface area contributed by atoms with Gasteiger partial charge in [-0.2, -0.15) is 0 Å². The number of unbranched alkanes of at least 4 members (excludes halogenated alkanes) is 3. The van der Waals surface area contributed by atoms with E-state index in [2.05, 4.69) is 37.2 Å². The summed E-state index contributed by atoms with van der Waals surface area (Å²) >= 11 is 6.57. The third-order valence-corrected chi connectivity index (χ3v) is 3.38. The number of furan rings is 1. The average molecular weight is 353 g/mol. The van der Waals surface area contributed by atoms with Gasteiger partial charge in [-0.1, -0.05) is 28.8 Å². The van der Waals surface area contributed by atoms with Crippen molar-refractivity contribution in [2.24, 2.45) is 0 Å². The van der Waals surface area contributed by atoms with Crippen LogP contribution in [0.1, 0.15) is 36.0 Å². The zero-order valence-corrected chi connectivity index (χ0v) is 12.1. The molecule has 1 aromatic heterocycles. The van der Waals surface area contributed by atoms with E-state index in [1.807, 2.05) is 0 Å². The summed E-state index contributed by atoms with van der Waals surface area (Å²) in [7, 11) is 0. The van der Waals surface area contributed by atoms with Gasteiger partial charge in [-0.05, 0) is 34.8 Å². The lowest BCUT2D eigenvalue weighted by Crippen LogP contribution is -2.24. The standard InChI is InChI=1S/C11H15Br2NO2/c12-6-3-1-2-4-7-14-11(15)9-5-8-16-10(9)13/h5,8H,1-4,6-7H2,(H,14,15). The van der Waals surface area contributed by atoms with Crippen LogP contribution in [0.2, 0.25) is 0 Å². The van der Waals surface area contributed by atoms with E-state index in [9.17, 15) is 4.79 Å². The highest BCUT2D eigenvalue weighted by Gasteiger charge is 2.11. The Bertz CT molecular complexity index is 326. The number of carbonyl (C=O) groups is 1. The predicted octanol–water partition coefficient (Wildman–Crippen LogP) is 3.73. The van der Waals surface area contributed by atoms with Crippen molar-refractivity contribution in [3.05, 3.63) is 22.6 Å². The smallest absolute Gasteiger partial charge is 0.255 e. The minimum atomic E-state index is -0.0823. The first-order chi connectivity index (χ1) is 7.75. The van der Waals surface area contributed by atoms with Crippen molar-refractivity contribution in [1.29, 1.82) is 0 Å². The number of hydrogen-bond donors (Lipinski definition) is 1. The van der Waals surface area contributed by atoms with Gasteiger partial charge in [0.05, 0.1) is 11.8 Å². The van der Waals surface area contributed by atoms with Crippen molar-refractivity contribution >= 4 is 37.8 Å². The van der Waals surface area contributed by atoms with E-state index in [4.69, 9.17) is 4.42 Å². The Morgan fingerprint density at radius 1 is 1.31 bits per heavy atom. The first kappa shape index (κ1) is 13.8. The van der Waals surface area contributed by atoms with E-state index >= 15 is 0 Å². The molecule has 1 amide bonds. The summed E-state index contributed by atoms with van der Waals surface area (Å²) in [6.45, 7) is 0.721. The molecule has 0 spiro atoms. The lowest BCUT2D eigenvalue weighted by atomic mass is 10.2. The van der Waals surface area contributed by atoms with E-state index < -0.39 is 0 Å². The lowest BCUT2D eigenvalue weighted by Gasteiger charge is -2.03. The second-order valence-electron chi connectivity index (χ2n) is 3.47. The number of carbonyl (C=O) groups excluding carboxylic acids is 1. The summed E-state index contributed by atoms with van der Waals surface area (Å²) in [5.74, 6) is -0.0823. The van der Waals surface area contributed by atoms with Crippen LogP contribution in [0.3, 0.4) is 0 Å². The SMILES string of the molecule is O=C(NCCCCCCBr)c1ccoc1Br. The Labute approximate surface area is 112 Å². The molecule has 0 saturated carbocycles. The van der Waals surface area contributed by atoms with Gasteiger partial charge in [0.1, 0.15) is 0 Å². The summed E-state index contributed by atoms with van der Waals surface area (Å²) in [5.41, 5.74) is 0.556. The first-order valence-corrected chi connectivity index (χ1v) is 7.24. The number of alkyl halides is 1. The van der Waals surface area contributed by atoms with Crippen molar-refractivity contribution < 1.29 is 9.21 Å². The van der Waals surface area contributed by atoms with Crippen molar-refractivity contribution in [2.45, 2.75) is 25.7 Å². The molecule has 0 saturated heterocycles. The van der Waals surface area contributed by atoms with Crippen molar-refractivity contribution in [1.82, 2.24) is 5.32 Å². The Hall–Kier alpha value is -0.290. The normalized spacial score (nSPS) is 10.4. The van der Waals surface area contributed by atoms with E-state index in [-0.39, 0.29) is 5.91 Å². The number of amides is 1. The van der Waals surface area contributed by atoms with Gasteiger partial charge in [0.25, 0.3) is 5.91 Å².